The first-order valence-corrected chi connectivity index (χ1v) is 6.78. The highest BCUT2D eigenvalue weighted by Crippen LogP contribution is 2.28. The van der Waals surface area contributed by atoms with Crippen LogP contribution < -0.4 is 16.4 Å². The van der Waals surface area contributed by atoms with E-state index in [2.05, 4.69) is 4.98 Å². The number of anilines is 2. The van der Waals surface area contributed by atoms with E-state index in [-0.39, 0.29) is 0 Å². The fourth-order valence-corrected chi connectivity index (χ4v) is 2.54. The molecule has 0 saturated carbocycles. The van der Waals surface area contributed by atoms with Gasteiger partial charge in [0, 0.05) is 24.7 Å². The highest BCUT2D eigenvalue weighted by Gasteiger charge is 2.11. The molecule has 1 heterocycles. The van der Waals surface area contributed by atoms with Gasteiger partial charge in [0.25, 0.3) is 0 Å². The minimum absolute atomic E-state index is 0.456. The molecule has 108 valence electrons. The minimum Gasteiger partial charge on any atom is -0.408 e. The van der Waals surface area contributed by atoms with Gasteiger partial charge in [-0.2, -0.15) is 0 Å². The van der Waals surface area contributed by atoms with E-state index in [1.54, 1.807) is 12.1 Å². The van der Waals surface area contributed by atoms with Gasteiger partial charge in [-0.3, -0.25) is 4.98 Å². The van der Waals surface area contributed by atoms with Crippen LogP contribution in [-0.4, -0.2) is 12.0 Å². The Kier molecular flexibility index (Phi) is 3.35. The number of hydrogen-bond donors (Lipinski definition) is 2. The molecule has 0 saturated heterocycles. The monoisotopic (exact) mass is 303 g/mol. The van der Waals surface area contributed by atoms with Crippen molar-refractivity contribution in [3.63, 3.8) is 0 Å². The predicted molar refractivity (Wildman–Crippen MR) is 84.8 cm³/mol. The van der Waals surface area contributed by atoms with Crippen LogP contribution in [0.25, 0.3) is 11.1 Å². The Morgan fingerprint density at radius 2 is 2.14 bits per heavy atom. The zero-order chi connectivity index (χ0) is 15.0. The number of halogens is 1. The summed E-state index contributed by atoms with van der Waals surface area (Å²) < 4.78 is 4.99. The number of nitrogens with one attached hydrogen (secondary N) is 1. The Bertz CT molecular complexity index is 853. The summed E-state index contributed by atoms with van der Waals surface area (Å²) in [6, 6.07) is 11.1. The van der Waals surface area contributed by atoms with E-state index >= 15 is 0 Å². The summed E-state index contributed by atoms with van der Waals surface area (Å²) in [4.78, 5) is 15.8. The molecule has 0 aliphatic heterocycles. The number of fused-ring (bicyclic) bond motifs is 1. The van der Waals surface area contributed by atoms with Crippen molar-refractivity contribution in [1.82, 2.24) is 4.98 Å². The molecule has 0 amide bonds. The second-order valence-electron chi connectivity index (χ2n) is 4.91. The van der Waals surface area contributed by atoms with Crippen molar-refractivity contribution in [2.75, 3.05) is 17.7 Å². The molecule has 3 aromatic rings. The lowest BCUT2D eigenvalue weighted by atomic mass is 10.2. The van der Waals surface area contributed by atoms with E-state index in [0.29, 0.717) is 28.4 Å². The maximum Gasteiger partial charge on any atom is 0.417 e. The molecule has 3 N–H and O–H groups in total. The van der Waals surface area contributed by atoms with Crippen LogP contribution in [0, 0.1) is 0 Å². The number of hydrogen-bond acceptors (Lipinski definition) is 4. The zero-order valence-electron chi connectivity index (χ0n) is 11.4. The Hall–Kier alpha value is -2.40. The highest BCUT2D eigenvalue weighted by molar-refractivity contribution is 6.30. The average Bonchev–Trinajstić information content (AvgIpc) is 2.76. The molecule has 0 unspecified atom stereocenters. The first kappa shape index (κ1) is 13.6. The molecule has 0 atom stereocenters. The van der Waals surface area contributed by atoms with Gasteiger partial charge in [-0.15, -0.1) is 0 Å². The average molecular weight is 304 g/mol. The van der Waals surface area contributed by atoms with E-state index in [4.69, 9.17) is 21.8 Å². The summed E-state index contributed by atoms with van der Waals surface area (Å²) in [6.07, 6.45) is 0. The lowest BCUT2D eigenvalue weighted by molar-refractivity contribution is 0.555. The van der Waals surface area contributed by atoms with Crippen LogP contribution in [0.3, 0.4) is 0 Å². The third-order valence-corrected chi connectivity index (χ3v) is 3.52. The van der Waals surface area contributed by atoms with E-state index in [1.807, 2.05) is 36.2 Å². The zero-order valence-corrected chi connectivity index (χ0v) is 12.1. The number of benzene rings is 2. The molecule has 0 radical (unpaired) electrons. The van der Waals surface area contributed by atoms with Gasteiger partial charge in [0.05, 0.1) is 16.9 Å². The first-order valence-electron chi connectivity index (χ1n) is 6.41. The summed E-state index contributed by atoms with van der Waals surface area (Å²) in [5.74, 6) is -0.487. The van der Waals surface area contributed by atoms with Gasteiger partial charge in [0.1, 0.15) is 0 Å². The van der Waals surface area contributed by atoms with Crippen LogP contribution in [0.1, 0.15) is 5.56 Å². The van der Waals surface area contributed by atoms with Crippen molar-refractivity contribution in [2.24, 2.45) is 0 Å². The largest absolute Gasteiger partial charge is 0.417 e. The molecule has 6 heteroatoms. The minimum atomic E-state index is -0.487. The topological polar surface area (TPSA) is 75.3 Å². The molecule has 0 bridgehead atoms. The quantitative estimate of drug-likeness (QED) is 0.729. The fourth-order valence-electron chi connectivity index (χ4n) is 2.33. The van der Waals surface area contributed by atoms with Crippen LogP contribution in [0.15, 0.2) is 45.6 Å². The van der Waals surface area contributed by atoms with Crippen molar-refractivity contribution in [1.29, 1.82) is 0 Å². The highest BCUT2D eigenvalue weighted by atomic mass is 35.5. The molecule has 5 nitrogen and oxygen atoms in total. The van der Waals surface area contributed by atoms with Crippen LogP contribution in [0.5, 0.6) is 0 Å². The molecule has 3 rings (SSSR count). The lowest BCUT2D eigenvalue weighted by Gasteiger charge is -2.21. The van der Waals surface area contributed by atoms with Crippen LogP contribution in [0.4, 0.5) is 11.4 Å². The smallest absolute Gasteiger partial charge is 0.408 e. The standard InChI is InChI=1S/C15H14ClN3O2/c1-19(8-9-3-2-4-10(16)5-9)13-7-12-14(6-11(13)17)21-15(20)18-12/h2-7H,8,17H2,1H3,(H,18,20). The van der Waals surface area contributed by atoms with Gasteiger partial charge in [0.2, 0.25) is 0 Å². The molecular weight excluding hydrogens is 290 g/mol. The predicted octanol–water partition coefficient (Wildman–Crippen LogP) is 2.99. The van der Waals surface area contributed by atoms with Crippen molar-refractivity contribution in [3.05, 3.63) is 57.5 Å². The van der Waals surface area contributed by atoms with E-state index in [9.17, 15) is 4.79 Å². The molecule has 0 fully saturated rings. The number of nitrogens with two attached hydrogens (primary N) is 1. The first-order chi connectivity index (χ1) is 10.0. The number of aromatic amines is 1. The Morgan fingerprint density at radius 1 is 1.33 bits per heavy atom. The van der Waals surface area contributed by atoms with Gasteiger partial charge in [-0.25, -0.2) is 4.79 Å². The molecule has 2 aromatic carbocycles. The molecule has 1 aromatic heterocycles. The van der Waals surface area contributed by atoms with Gasteiger partial charge in [-0.1, -0.05) is 23.7 Å². The van der Waals surface area contributed by atoms with Crippen LogP contribution >= 0.6 is 11.6 Å². The SMILES string of the molecule is CN(Cc1cccc(Cl)c1)c1cc2[nH]c(=O)oc2cc1N. The molecule has 21 heavy (non-hydrogen) atoms. The number of nitrogens with zero attached hydrogens (tertiary/aromatic N) is 1. The van der Waals surface area contributed by atoms with Crippen LogP contribution in [-0.2, 0) is 6.54 Å². The van der Waals surface area contributed by atoms with Crippen molar-refractivity contribution < 1.29 is 4.42 Å². The van der Waals surface area contributed by atoms with E-state index < -0.39 is 5.76 Å². The fraction of sp³-hybridized carbons (Fsp3) is 0.133. The second-order valence-corrected chi connectivity index (χ2v) is 5.34. The molecule has 0 aliphatic carbocycles. The summed E-state index contributed by atoms with van der Waals surface area (Å²) in [7, 11) is 1.93. The van der Waals surface area contributed by atoms with E-state index in [0.717, 1.165) is 11.3 Å². The number of rotatable bonds is 3. The number of oxazole rings is 1. The van der Waals surface area contributed by atoms with Crippen molar-refractivity contribution >= 4 is 34.1 Å². The van der Waals surface area contributed by atoms with Crippen molar-refractivity contribution in [2.45, 2.75) is 6.54 Å². The van der Waals surface area contributed by atoms with Gasteiger partial charge < -0.3 is 15.1 Å². The van der Waals surface area contributed by atoms with Gasteiger partial charge >= 0.3 is 5.76 Å². The third kappa shape index (κ3) is 2.73. The lowest BCUT2D eigenvalue weighted by Crippen LogP contribution is -2.17. The second kappa shape index (κ2) is 5.18. The Labute approximate surface area is 125 Å². The number of H-pyrrole nitrogens is 1. The molecular formula is C15H14ClN3O2. The summed E-state index contributed by atoms with van der Waals surface area (Å²) in [6.45, 7) is 0.651. The van der Waals surface area contributed by atoms with E-state index in [1.165, 1.54) is 0 Å². The maximum absolute atomic E-state index is 11.2. The molecule has 0 aliphatic rings. The number of aromatic nitrogens is 1. The molecule has 0 spiro atoms. The summed E-state index contributed by atoms with van der Waals surface area (Å²) in [5, 5.41) is 0.698. The Morgan fingerprint density at radius 3 is 2.90 bits per heavy atom. The van der Waals surface area contributed by atoms with Gasteiger partial charge in [0.15, 0.2) is 5.58 Å². The third-order valence-electron chi connectivity index (χ3n) is 3.29. The van der Waals surface area contributed by atoms with Crippen molar-refractivity contribution in [3.8, 4) is 0 Å². The summed E-state index contributed by atoms with van der Waals surface area (Å²) in [5.41, 5.74) is 9.56. The normalized spacial score (nSPS) is 11.0. The van der Waals surface area contributed by atoms with Gasteiger partial charge in [-0.05, 0) is 23.8 Å². The summed E-state index contributed by atoms with van der Waals surface area (Å²) >= 11 is 5.99. The Balaban J connectivity index is 1.95. The van der Waals surface area contributed by atoms with Crippen LogP contribution in [0.2, 0.25) is 5.02 Å². The number of nitrogen functional groups attached to an aromatic ring is 1. The maximum atomic E-state index is 11.2.